The van der Waals surface area contributed by atoms with Gasteiger partial charge in [0.25, 0.3) is 0 Å². The molecule has 17 heavy (non-hydrogen) atoms. The minimum Gasteiger partial charge on any atom is -0.497 e. The van der Waals surface area contributed by atoms with Gasteiger partial charge in [0.15, 0.2) is 0 Å². The van der Waals surface area contributed by atoms with Crippen molar-refractivity contribution in [3.05, 3.63) is 29.8 Å². The standard InChI is InChI=1S/C13H20N2O2/c1-17-12-4-2-11(3-5-12)13(10-16)15-8-6-14-7-9-15/h2-5,13-14,16H,6-10H2,1H3/t13-/m1/s1. The molecule has 4 heteroatoms. The van der Waals surface area contributed by atoms with Crippen molar-refractivity contribution in [3.63, 3.8) is 0 Å². The molecule has 0 unspecified atom stereocenters. The van der Waals surface area contributed by atoms with Crippen LogP contribution in [0.4, 0.5) is 0 Å². The van der Waals surface area contributed by atoms with Crippen molar-refractivity contribution in [1.82, 2.24) is 10.2 Å². The molecular weight excluding hydrogens is 216 g/mol. The van der Waals surface area contributed by atoms with Crippen molar-refractivity contribution in [3.8, 4) is 5.75 Å². The third kappa shape index (κ3) is 2.97. The van der Waals surface area contributed by atoms with Crippen molar-refractivity contribution < 1.29 is 9.84 Å². The van der Waals surface area contributed by atoms with E-state index in [1.807, 2.05) is 24.3 Å². The smallest absolute Gasteiger partial charge is 0.118 e. The van der Waals surface area contributed by atoms with Gasteiger partial charge in [0.1, 0.15) is 5.75 Å². The summed E-state index contributed by atoms with van der Waals surface area (Å²) >= 11 is 0. The monoisotopic (exact) mass is 236 g/mol. The zero-order valence-electron chi connectivity index (χ0n) is 10.2. The lowest BCUT2D eigenvalue weighted by Crippen LogP contribution is -2.46. The summed E-state index contributed by atoms with van der Waals surface area (Å²) in [6, 6.07) is 8.05. The van der Waals surface area contributed by atoms with Crippen LogP contribution in [-0.2, 0) is 0 Å². The fourth-order valence-corrected chi connectivity index (χ4v) is 2.25. The van der Waals surface area contributed by atoms with Gasteiger partial charge in [-0.2, -0.15) is 0 Å². The van der Waals surface area contributed by atoms with Crippen LogP contribution in [0.1, 0.15) is 11.6 Å². The lowest BCUT2D eigenvalue weighted by atomic mass is 10.1. The number of rotatable bonds is 4. The van der Waals surface area contributed by atoms with E-state index in [4.69, 9.17) is 4.74 Å². The number of methoxy groups -OCH3 is 1. The Hall–Kier alpha value is -1.10. The molecule has 1 fully saturated rings. The Balaban J connectivity index is 2.10. The Bertz CT molecular complexity index is 334. The highest BCUT2D eigenvalue weighted by molar-refractivity contribution is 5.29. The van der Waals surface area contributed by atoms with Gasteiger partial charge in [-0.05, 0) is 17.7 Å². The van der Waals surface area contributed by atoms with Crippen LogP contribution < -0.4 is 10.1 Å². The maximum Gasteiger partial charge on any atom is 0.118 e. The summed E-state index contributed by atoms with van der Waals surface area (Å²) in [7, 11) is 1.66. The van der Waals surface area contributed by atoms with E-state index >= 15 is 0 Å². The molecule has 0 amide bonds. The third-order valence-electron chi connectivity index (χ3n) is 3.27. The Morgan fingerprint density at radius 2 is 1.94 bits per heavy atom. The Labute approximate surface area is 102 Å². The highest BCUT2D eigenvalue weighted by Crippen LogP contribution is 2.22. The number of aliphatic hydroxyl groups excluding tert-OH is 1. The quantitative estimate of drug-likeness (QED) is 0.805. The average molecular weight is 236 g/mol. The molecule has 1 atom stereocenters. The molecule has 0 radical (unpaired) electrons. The topological polar surface area (TPSA) is 44.7 Å². The van der Waals surface area contributed by atoms with Gasteiger partial charge in [-0.25, -0.2) is 0 Å². The number of nitrogens with zero attached hydrogens (tertiary/aromatic N) is 1. The molecule has 1 aliphatic heterocycles. The van der Waals surface area contributed by atoms with Crippen molar-refractivity contribution in [2.75, 3.05) is 39.9 Å². The van der Waals surface area contributed by atoms with Gasteiger partial charge in [-0.3, -0.25) is 4.90 Å². The van der Waals surface area contributed by atoms with Gasteiger partial charge in [0, 0.05) is 26.2 Å². The van der Waals surface area contributed by atoms with Crippen LogP contribution in [0.2, 0.25) is 0 Å². The molecule has 0 bridgehead atoms. The Morgan fingerprint density at radius 1 is 1.29 bits per heavy atom. The first-order valence-corrected chi connectivity index (χ1v) is 6.04. The molecule has 1 saturated heterocycles. The van der Waals surface area contributed by atoms with E-state index in [-0.39, 0.29) is 12.6 Å². The number of hydrogen-bond acceptors (Lipinski definition) is 4. The molecule has 0 aliphatic carbocycles. The van der Waals surface area contributed by atoms with Crippen LogP contribution in [0.3, 0.4) is 0 Å². The lowest BCUT2D eigenvalue weighted by molar-refractivity contribution is 0.111. The summed E-state index contributed by atoms with van der Waals surface area (Å²) in [6.07, 6.45) is 0. The highest BCUT2D eigenvalue weighted by atomic mass is 16.5. The maximum absolute atomic E-state index is 9.56. The molecule has 2 rings (SSSR count). The summed E-state index contributed by atoms with van der Waals surface area (Å²) in [4.78, 5) is 2.32. The van der Waals surface area contributed by atoms with E-state index in [1.165, 1.54) is 0 Å². The Morgan fingerprint density at radius 3 is 2.47 bits per heavy atom. The van der Waals surface area contributed by atoms with E-state index in [9.17, 15) is 5.11 Å². The van der Waals surface area contributed by atoms with E-state index in [1.54, 1.807) is 7.11 Å². The SMILES string of the molecule is COc1ccc([C@@H](CO)N2CCNCC2)cc1. The second-order valence-electron chi connectivity index (χ2n) is 4.26. The first kappa shape index (κ1) is 12.4. The molecule has 0 saturated carbocycles. The summed E-state index contributed by atoms with van der Waals surface area (Å²) < 4.78 is 5.14. The van der Waals surface area contributed by atoms with Gasteiger partial charge in [0.2, 0.25) is 0 Å². The molecule has 1 aliphatic rings. The molecule has 94 valence electrons. The minimum absolute atomic E-state index is 0.100. The van der Waals surface area contributed by atoms with E-state index in [0.29, 0.717) is 0 Å². The summed E-state index contributed by atoms with van der Waals surface area (Å²) in [5.41, 5.74) is 1.15. The van der Waals surface area contributed by atoms with Gasteiger partial charge in [-0.1, -0.05) is 12.1 Å². The molecule has 1 heterocycles. The van der Waals surface area contributed by atoms with E-state index < -0.39 is 0 Å². The van der Waals surface area contributed by atoms with Gasteiger partial charge < -0.3 is 15.2 Å². The zero-order valence-corrected chi connectivity index (χ0v) is 10.2. The molecular formula is C13H20N2O2. The van der Waals surface area contributed by atoms with Crippen LogP contribution in [0.5, 0.6) is 5.75 Å². The van der Waals surface area contributed by atoms with Crippen molar-refractivity contribution in [2.24, 2.45) is 0 Å². The normalized spacial score (nSPS) is 18.9. The van der Waals surface area contributed by atoms with Crippen molar-refractivity contribution in [2.45, 2.75) is 6.04 Å². The maximum atomic E-state index is 9.56. The molecule has 1 aromatic rings. The first-order chi connectivity index (χ1) is 8.35. The van der Waals surface area contributed by atoms with Crippen LogP contribution in [-0.4, -0.2) is 49.9 Å². The van der Waals surface area contributed by atoms with Crippen LogP contribution in [0.15, 0.2) is 24.3 Å². The minimum atomic E-state index is 0.100. The lowest BCUT2D eigenvalue weighted by Gasteiger charge is -2.34. The number of nitrogens with one attached hydrogen (secondary N) is 1. The first-order valence-electron chi connectivity index (χ1n) is 6.04. The fourth-order valence-electron chi connectivity index (χ4n) is 2.25. The number of aliphatic hydroxyl groups is 1. The Kier molecular flexibility index (Phi) is 4.36. The molecule has 2 N–H and O–H groups in total. The third-order valence-corrected chi connectivity index (χ3v) is 3.27. The largest absolute Gasteiger partial charge is 0.497 e. The molecule has 0 spiro atoms. The predicted octanol–water partition coefficient (Wildman–Crippen LogP) is 0.634. The van der Waals surface area contributed by atoms with Crippen LogP contribution >= 0.6 is 0 Å². The van der Waals surface area contributed by atoms with Crippen LogP contribution in [0.25, 0.3) is 0 Å². The average Bonchev–Trinajstić information content (AvgIpc) is 2.42. The second kappa shape index (κ2) is 6.00. The summed E-state index contributed by atoms with van der Waals surface area (Å²) in [6.45, 7) is 4.11. The van der Waals surface area contributed by atoms with Gasteiger partial charge in [0.05, 0.1) is 19.8 Å². The zero-order chi connectivity index (χ0) is 12.1. The van der Waals surface area contributed by atoms with Crippen LogP contribution in [0, 0.1) is 0 Å². The van der Waals surface area contributed by atoms with Crippen molar-refractivity contribution >= 4 is 0 Å². The fraction of sp³-hybridized carbons (Fsp3) is 0.538. The van der Waals surface area contributed by atoms with Crippen molar-refractivity contribution in [1.29, 1.82) is 0 Å². The van der Waals surface area contributed by atoms with E-state index in [2.05, 4.69) is 10.2 Å². The predicted molar refractivity (Wildman–Crippen MR) is 67.3 cm³/mol. The number of hydrogen-bond donors (Lipinski definition) is 2. The molecule has 4 nitrogen and oxygen atoms in total. The van der Waals surface area contributed by atoms with Gasteiger partial charge >= 0.3 is 0 Å². The van der Waals surface area contributed by atoms with E-state index in [0.717, 1.165) is 37.5 Å². The molecule has 1 aromatic carbocycles. The number of ether oxygens (including phenoxy) is 1. The molecule has 0 aromatic heterocycles. The highest BCUT2D eigenvalue weighted by Gasteiger charge is 2.21. The summed E-state index contributed by atoms with van der Waals surface area (Å²) in [5, 5.41) is 12.9. The number of piperazine rings is 1. The summed E-state index contributed by atoms with van der Waals surface area (Å²) in [5.74, 6) is 0.853. The second-order valence-corrected chi connectivity index (χ2v) is 4.26. The van der Waals surface area contributed by atoms with Gasteiger partial charge in [-0.15, -0.1) is 0 Å². The number of benzene rings is 1.